The largest absolute Gasteiger partial charge is 0.508 e. The standard InChI is InChI=1S/C25H25NO6S/c1-3-26(4-2)33(31,32)20-7-5-6-19(14-20)25(21-12-17(15-27)8-10-23(21)29)22-13-18(16-28)9-11-24(22)30/h5-16,25,29-30H,3-4H2,1-2H3. The molecule has 0 saturated carbocycles. The molecule has 0 atom stereocenters. The third kappa shape index (κ3) is 4.81. The number of sulfonamides is 1. The number of hydrogen-bond donors (Lipinski definition) is 2. The quantitative estimate of drug-likeness (QED) is 0.364. The number of aldehydes is 2. The summed E-state index contributed by atoms with van der Waals surface area (Å²) in [5, 5.41) is 21.3. The Morgan fingerprint density at radius 2 is 1.33 bits per heavy atom. The molecule has 0 spiro atoms. The number of benzene rings is 3. The lowest BCUT2D eigenvalue weighted by molar-refractivity contribution is 0.111. The molecule has 172 valence electrons. The maximum atomic E-state index is 13.1. The zero-order chi connectivity index (χ0) is 24.2. The molecule has 2 N–H and O–H groups in total. The predicted octanol–water partition coefficient (Wildman–Crippen LogP) is 3.93. The number of phenolic OH excluding ortho intramolecular Hbond substituents is 2. The Morgan fingerprint density at radius 1 is 0.818 bits per heavy atom. The van der Waals surface area contributed by atoms with Gasteiger partial charge in [-0.1, -0.05) is 26.0 Å². The van der Waals surface area contributed by atoms with Crippen LogP contribution in [0, 0.1) is 0 Å². The van der Waals surface area contributed by atoms with Crippen molar-refractivity contribution < 1.29 is 28.2 Å². The van der Waals surface area contributed by atoms with Crippen LogP contribution in [-0.4, -0.2) is 48.6 Å². The van der Waals surface area contributed by atoms with E-state index in [0.29, 0.717) is 42.4 Å². The van der Waals surface area contributed by atoms with Crippen molar-refractivity contribution in [2.45, 2.75) is 24.7 Å². The smallest absolute Gasteiger partial charge is 0.243 e. The predicted molar refractivity (Wildman–Crippen MR) is 124 cm³/mol. The van der Waals surface area contributed by atoms with E-state index in [1.807, 2.05) is 0 Å². The molecule has 0 unspecified atom stereocenters. The van der Waals surface area contributed by atoms with Gasteiger partial charge < -0.3 is 10.2 Å². The van der Waals surface area contributed by atoms with E-state index in [1.165, 1.54) is 52.8 Å². The fourth-order valence-electron chi connectivity index (χ4n) is 3.85. The molecule has 0 fully saturated rings. The molecule has 3 aromatic carbocycles. The normalized spacial score (nSPS) is 11.6. The molecule has 3 rings (SSSR count). The SMILES string of the molecule is CCN(CC)S(=O)(=O)c1cccc(C(c2cc(C=O)ccc2O)c2cc(C=O)ccc2O)c1. The minimum absolute atomic E-state index is 0.0609. The molecule has 0 aliphatic heterocycles. The highest BCUT2D eigenvalue weighted by atomic mass is 32.2. The van der Waals surface area contributed by atoms with E-state index < -0.39 is 15.9 Å². The first-order chi connectivity index (χ1) is 15.8. The second kappa shape index (κ2) is 9.97. The van der Waals surface area contributed by atoms with Gasteiger partial charge in [0.2, 0.25) is 10.0 Å². The third-order valence-electron chi connectivity index (χ3n) is 5.53. The van der Waals surface area contributed by atoms with Crippen molar-refractivity contribution >= 4 is 22.6 Å². The van der Waals surface area contributed by atoms with Crippen molar-refractivity contribution in [2.24, 2.45) is 0 Å². The minimum atomic E-state index is -3.77. The molecular weight excluding hydrogens is 442 g/mol. The average molecular weight is 468 g/mol. The monoisotopic (exact) mass is 467 g/mol. The molecule has 3 aromatic rings. The van der Waals surface area contributed by atoms with Gasteiger partial charge in [-0.3, -0.25) is 9.59 Å². The van der Waals surface area contributed by atoms with E-state index in [2.05, 4.69) is 0 Å². The van der Waals surface area contributed by atoms with Crippen molar-refractivity contribution in [3.8, 4) is 11.5 Å². The second-order valence-electron chi connectivity index (χ2n) is 7.47. The Morgan fingerprint density at radius 3 is 1.79 bits per heavy atom. The van der Waals surface area contributed by atoms with Gasteiger partial charge in [0, 0.05) is 41.3 Å². The third-order valence-corrected chi connectivity index (χ3v) is 7.58. The summed E-state index contributed by atoms with van der Waals surface area (Å²) in [7, 11) is -3.77. The Kier molecular flexibility index (Phi) is 7.30. The summed E-state index contributed by atoms with van der Waals surface area (Å²) in [6.45, 7) is 4.10. The highest BCUT2D eigenvalue weighted by Gasteiger charge is 2.27. The van der Waals surface area contributed by atoms with Crippen LogP contribution >= 0.6 is 0 Å². The Labute approximate surface area is 193 Å². The number of hydrogen-bond acceptors (Lipinski definition) is 6. The van der Waals surface area contributed by atoms with Gasteiger partial charge in [-0.05, 0) is 54.1 Å². The summed E-state index contributed by atoms with van der Waals surface area (Å²) in [5.41, 5.74) is 1.63. The van der Waals surface area contributed by atoms with Crippen LogP contribution in [0.3, 0.4) is 0 Å². The summed E-state index contributed by atoms with van der Waals surface area (Å²) < 4.78 is 27.6. The Hall–Kier alpha value is -3.49. The number of phenols is 2. The second-order valence-corrected chi connectivity index (χ2v) is 9.40. The van der Waals surface area contributed by atoms with Crippen molar-refractivity contribution in [2.75, 3.05) is 13.1 Å². The van der Waals surface area contributed by atoms with Crippen LogP contribution in [0.25, 0.3) is 0 Å². The first-order valence-corrected chi connectivity index (χ1v) is 11.9. The van der Waals surface area contributed by atoms with Gasteiger partial charge in [0.1, 0.15) is 24.1 Å². The van der Waals surface area contributed by atoms with Crippen LogP contribution in [0.2, 0.25) is 0 Å². The molecule has 0 amide bonds. The lowest BCUT2D eigenvalue weighted by atomic mass is 9.83. The number of rotatable bonds is 9. The summed E-state index contributed by atoms with van der Waals surface area (Å²) in [6, 6.07) is 14.8. The van der Waals surface area contributed by atoms with Crippen molar-refractivity contribution in [3.63, 3.8) is 0 Å². The van der Waals surface area contributed by atoms with Crippen LogP contribution in [0.15, 0.2) is 65.6 Å². The van der Waals surface area contributed by atoms with E-state index in [0.717, 1.165) is 0 Å². The average Bonchev–Trinajstić information content (AvgIpc) is 2.82. The number of carbonyl (C=O) groups excluding carboxylic acids is 2. The fourth-order valence-corrected chi connectivity index (χ4v) is 5.36. The minimum Gasteiger partial charge on any atom is -0.508 e. The van der Waals surface area contributed by atoms with Gasteiger partial charge in [0.15, 0.2) is 0 Å². The van der Waals surface area contributed by atoms with E-state index in [1.54, 1.807) is 26.0 Å². The van der Waals surface area contributed by atoms with Gasteiger partial charge in [-0.15, -0.1) is 0 Å². The van der Waals surface area contributed by atoms with Gasteiger partial charge >= 0.3 is 0 Å². The molecule has 33 heavy (non-hydrogen) atoms. The molecule has 0 heterocycles. The molecule has 0 aromatic heterocycles. The van der Waals surface area contributed by atoms with Crippen LogP contribution in [0.4, 0.5) is 0 Å². The van der Waals surface area contributed by atoms with Gasteiger partial charge in [-0.2, -0.15) is 4.31 Å². The van der Waals surface area contributed by atoms with Gasteiger partial charge in [0.25, 0.3) is 0 Å². The van der Waals surface area contributed by atoms with Crippen molar-refractivity contribution in [1.82, 2.24) is 4.31 Å². The number of nitrogens with zero attached hydrogens (tertiary/aromatic N) is 1. The Bertz CT molecular complexity index is 1220. The lowest BCUT2D eigenvalue weighted by Crippen LogP contribution is -2.30. The van der Waals surface area contributed by atoms with Crippen molar-refractivity contribution in [1.29, 1.82) is 0 Å². The Balaban J connectivity index is 2.31. The highest BCUT2D eigenvalue weighted by molar-refractivity contribution is 7.89. The molecule has 0 aliphatic rings. The van der Waals surface area contributed by atoms with Gasteiger partial charge in [0.05, 0.1) is 4.90 Å². The van der Waals surface area contributed by atoms with Crippen LogP contribution < -0.4 is 0 Å². The number of aromatic hydroxyl groups is 2. The maximum Gasteiger partial charge on any atom is 0.243 e. The number of carbonyl (C=O) groups is 2. The van der Waals surface area contributed by atoms with Crippen LogP contribution in [-0.2, 0) is 10.0 Å². The molecule has 0 saturated heterocycles. The summed E-state index contributed by atoms with van der Waals surface area (Å²) in [4.78, 5) is 22.9. The van der Waals surface area contributed by atoms with Gasteiger partial charge in [-0.25, -0.2) is 8.42 Å². The van der Waals surface area contributed by atoms with E-state index in [-0.39, 0.29) is 27.5 Å². The molecular formula is C25H25NO6S. The first kappa shape index (κ1) is 24.2. The van der Waals surface area contributed by atoms with Crippen LogP contribution in [0.1, 0.15) is 57.2 Å². The lowest BCUT2D eigenvalue weighted by Gasteiger charge is -2.23. The summed E-state index contributed by atoms with van der Waals surface area (Å²) in [5.74, 6) is -1.13. The highest BCUT2D eigenvalue weighted by Crippen LogP contribution is 2.41. The first-order valence-electron chi connectivity index (χ1n) is 10.4. The van der Waals surface area contributed by atoms with E-state index in [4.69, 9.17) is 0 Å². The van der Waals surface area contributed by atoms with E-state index >= 15 is 0 Å². The maximum absolute atomic E-state index is 13.1. The fraction of sp³-hybridized carbons (Fsp3) is 0.200. The van der Waals surface area contributed by atoms with E-state index in [9.17, 15) is 28.2 Å². The molecule has 8 heteroatoms. The molecule has 0 bridgehead atoms. The topological polar surface area (TPSA) is 112 Å². The zero-order valence-electron chi connectivity index (χ0n) is 18.3. The molecule has 7 nitrogen and oxygen atoms in total. The van der Waals surface area contributed by atoms with Crippen molar-refractivity contribution in [3.05, 3.63) is 88.5 Å². The molecule has 0 radical (unpaired) electrons. The molecule has 0 aliphatic carbocycles. The summed E-state index contributed by atoms with van der Waals surface area (Å²) in [6.07, 6.45) is 1.26. The summed E-state index contributed by atoms with van der Waals surface area (Å²) >= 11 is 0. The van der Waals surface area contributed by atoms with Crippen LogP contribution in [0.5, 0.6) is 11.5 Å². The zero-order valence-corrected chi connectivity index (χ0v) is 19.1.